The highest BCUT2D eigenvalue weighted by atomic mass is 19.4. The normalized spacial score (nSPS) is 19.8. The second-order valence-electron chi connectivity index (χ2n) is 8.95. The van der Waals surface area contributed by atoms with E-state index in [1.165, 1.54) is 24.3 Å². The number of hydrogen-bond acceptors (Lipinski definition) is 6. The molecular formula is C23H21F7N6O3. The number of hydrogen-bond donors (Lipinski definition) is 3. The van der Waals surface area contributed by atoms with E-state index in [2.05, 4.69) is 15.4 Å². The summed E-state index contributed by atoms with van der Waals surface area (Å²) in [5.41, 5.74) is 0.266. The molecule has 9 nitrogen and oxygen atoms in total. The lowest BCUT2D eigenvalue weighted by atomic mass is 9.98. The number of likely N-dealkylation sites (tertiary alicyclic amines) is 1. The molecule has 0 saturated carbocycles. The molecule has 4 rings (SSSR count). The van der Waals surface area contributed by atoms with E-state index in [1.54, 1.807) is 0 Å². The molecular weight excluding hydrogens is 541 g/mol. The van der Waals surface area contributed by atoms with Gasteiger partial charge in [-0.05, 0) is 24.6 Å². The predicted octanol–water partition coefficient (Wildman–Crippen LogP) is 2.98. The molecule has 210 valence electrons. The van der Waals surface area contributed by atoms with Gasteiger partial charge in [0.2, 0.25) is 5.60 Å². The number of nitrogen functional groups attached to an aromatic ring is 1. The highest BCUT2D eigenvalue weighted by molar-refractivity contribution is 5.96. The van der Waals surface area contributed by atoms with E-state index in [4.69, 9.17) is 5.73 Å². The summed E-state index contributed by atoms with van der Waals surface area (Å²) in [5, 5.41) is 16.0. The van der Waals surface area contributed by atoms with Crippen LogP contribution < -0.4 is 11.1 Å². The van der Waals surface area contributed by atoms with Crippen molar-refractivity contribution in [3.8, 4) is 11.3 Å². The minimum absolute atomic E-state index is 0.0758. The Kier molecular flexibility index (Phi) is 6.95. The molecule has 3 heterocycles. The number of amides is 2. The number of carbonyl (C=O) groups is 2. The van der Waals surface area contributed by atoms with Crippen LogP contribution in [0.4, 0.5) is 36.6 Å². The van der Waals surface area contributed by atoms with Crippen molar-refractivity contribution in [2.24, 2.45) is 0 Å². The van der Waals surface area contributed by atoms with Crippen LogP contribution in [0.3, 0.4) is 0 Å². The Morgan fingerprint density at radius 2 is 1.85 bits per heavy atom. The number of carbonyl (C=O) groups excluding carboxylic acids is 2. The van der Waals surface area contributed by atoms with E-state index < -0.39 is 78.4 Å². The van der Waals surface area contributed by atoms with Crippen molar-refractivity contribution in [1.82, 2.24) is 24.8 Å². The van der Waals surface area contributed by atoms with Crippen LogP contribution in [0, 0.1) is 0 Å². The van der Waals surface area contributed by atoms with Crippen LogP contribution in [0.25, 0.3) is 16.8 Å². The van der Waals surface area contributed by atoms with Gasteiger partial charge in [-0.2, -0.15) is 31.4 Å². The van der Waals surface area contributed by atoms with Crippen LogP contribution in [0.15, 0.2) is 36.7 Å². The molecule has 1 saturated heterocycles. The molecule has 3 aromatic rings. The summed E-state index contributed by atoms with van der Waals surface area (Å²) in [5.74, 6) is -3.06. The lowest BCUT2D eigenvalue weighted by molar-refractivity contribution is -0.256. The Labute approximate surface area is 215 Å². The third kappa shape index (κ3) is 4.95. The SMILES string of the molecule is CCC(O)(C(=O)N1C[C@H](F)[C@H](NC(=O)c2cccc(-c3cc(C(F)(F)F)c4c(N)ncnn34)c2)C1)C(F)(F)F. The van der Waals surface area contributed by atoms with Crippen molar-refractivity contribution in [3.05, 3.63) is 47.8 Å². The summed E-state index contributed by atoms with van der Waals surface area (Å²) in [6, 6.07) is 4.62. The number of nitrogens with two attached hydrogens (primary N) is 1. The fourth-order valence-electron chi connectivity index (χ4n) is 4.36. The quantitative estimate of drug-likeness (QED) is 0.411. The second-order valence-corrected chi connectivity index (χ2v) is 8.95. The van der Waals surface area contributed by atoms with Gasteiger partial charge in [0.1, 0.15) is 18.0 Å². The average molecular weight is 562 g/mol. The van der Waals surface area contributed by atoms with Gasteiger partial charge in [0.25, 0.3) is 11.8 Å². The Morgan fingerprint density at radius 3 is 2.46 bits per heavy atom. The monoisotopic (exact) mass is 562 g/mol. The van der Waals surface area contributed by atoms with Gasteiger partial charge >= 0.3 is 12.4 Å². The number of anilines is 1. The number of nitrogens with one attached hydrogen (secondary N) is 1. The molecule has 1 aromatic carbocycles. The van der Waals surface area contributed by atoms with Crippen molar-refractivity contribution in [2.75, 3.05) is 18.8 Å². The van der Waals surface area contributed by atoms with Crippen molar-refractivity contribution in [3.63, 3.8) is 0 Å². The summed E-state index contributed by atoms with van der Waals surface area (Å²) >= 11 is 0. The van der Waals surface area contributed by atoms with Crippen LogP contribution >= 0.6 is 0 Å². The number of nitrogens with zero attached hydrogens (tertiary/aromatic N) is 4. The first-order valence-electron chi connectivity index (χ1n) is 11.4. The maximum atomic E-state index is 14.6. The van der Waals surface area contributed by atoms with Gasteiger partial charge in [-0.25, -0.2) is 13.9 Å². The van der Waals surface area contributed by atoms with E-state index in [9.17, 15) is 45.4 Å². The summed E-state index contributed by atoms with van der Waals surface area (Å²) in [6.07, 6.45) is -12.1. The topological polar surface area (TPSA) is 126 Å². The largest absolute Gasteiger partial charge is 0.426 e. The Bertz CT molecular complexity index is 1420. The van der Waals surface area contributed by atoms with E-state index in [1.807, 2.05) is 0 Å². The van der Waals surface area contributed by atoms with Crippen molar-refractivity contribution in [1.29, 1.82) is 0 Å². The molecule has 2 amide bonds. The minimum Gasteiger partial charge on any atom is -0.382 e. The van der Waals surface area contributed by atoms with Crippen molar-refractivity contribution < 1.29 is 45.4 Å². The molecule has 0 aliphatic carbocycles. The van der Waals surface area contributed by atoms with Gasteiger partial charge in [-0.3, -0.25) is 9.59 Å². The number of benzene rings is 1. The first-order valence-corrected chi connectivity index (χ1v) is 11.4. The Balaban J connectivity index is 1.58. The summed E-state index contributed by atoms with van der Waals surface area (Å²) in [4.78, 5) is 29.3. The third-order valence-electron chi connectivity index (χ3n) is 6.50. The molecule has 1 aliphatic heterocycles. The van der Waals surface area contributed by atoms with E-state index in [-0.39, 0.29) is 16.8 Å². The second kappa shape index (κ2) is 9.66. The van der Waals surface area contributed by atoms with E-state index >= 15 is 0 Å². The molecule has 4 N–H and O–H groups in total. The van der Waals surface area contributed by atoms with Crippen LogP contribution in [0.5, 0.6) is 0 Å². The van der Waals surface area contributed by atoms with Gasteiger partial charge < -0.3 is 21.1 Å². The first-order chi connectivity index (χ1) is 18.1. The van der Waals surface area contributed by atoms with E-state index in [0.717, 1.165) is 23.8 Å². The number of aliphatic hydroxyl groups is 1. The molecule has 16 heteroatoms. The molecule has 1 fully saturated rings. The molecule has 1 aliphatic rings. The van der Waals surface area contributed by atoms with Crippen LogP contribution in [-0.4, -0.2) is 73.5 Å². The van der Waals surface area contributed by atoms with Crippen LogP contribution in [0.2, 0.25) is 0 Å². The molecule has 39 heavy (non-hydrogen) atoms. The zero-order chi connectivity index (χ0) is 28.9. The number of halogens is 7. The van der Waals surface area contributed by atoms with Crippen molar-refractivity contribution >= 4 is 23.1 Å². The zero-order valence-electron chi connectivity index (χ0n) is 20.0. The van der Waals surface area contributed by atoms with Gasteiger partial charge in [0.05, 0.1) is 23.8 Å². The van der Waals surface area contributed by atoms with Gasteiger partial charge in [0, 0.05) is 17.7 Å². The third-order valence-corrected chi connectivity index (χ3v) is 6.50. The van der Waals surface area contributed by atoms with Crippen molar-refractivity contribution in [2.45, 2.75) is 43.5 Å². The molecule has 0 spiro atoms. The predicted molar refractivity (Wildman–Crippen MR) is 122 cm³/mol. The van der Waals surface area contributed by atoms with Gasteiger partial charge in [-0.15, -0.1) is 0 Å². The summed E-state index contributed by atoms with van der Waals surface area (Å²) in [7, 11) is 0. The average Bonchev–Trinajstić information content (AvgIpc) is 3.44. The lowest BCUT2D eigenvalue weighted by Gasteiger charge is -2.31. The number of alkyl halides is 7. The molecule has 0 bridgehead atoms. The Hall–Kier alpha value is -3.95. The fourth-order valence-corrected chi connectivity index (χ4v) is 4.36. The minimum atomic E-state index is -5.29. The number of rotatable bonds is 5. The maximum absolute atomic E-state index is 14.6. The number of aromatic nitrogens is 3. The standard InChI is InChI=1S/C23H21F7N6O3/c1-2-21(39,23(28,29)30)20(38)35-8-14(24)15(9-35)34-19(37)12-5-3-4-11(6-12)16-7-13(22(25,26)27)17-18(31)32-10-33-36(16)17/h3-7,10,14-15,39H,2,8-9H2,1H3,(H,34,37)(H2,31,32,33)/t14-,15+,21?/m0/s1. The zero-order valence-corrected chi connectivity index (χ0v) is 20.0. The molecule has 2 aromatic heterocycles. The lowest BCUT2D eigenvalue weighted by Crippen LogP contribution is -2.57. The Morgan fingerprint density at radius 1 is 1.15 bits per heavy atom. The smallest absolute Gasteiger partial charge is 0.382 e. The van der Waals surface area contributed by atoms with Gasteiger partial charge in [0.15, 0.2) is 5.82 Å². The maximum Gasteiger partial charge on any atom is 0.426 e. The molecule has 0 radical (unpaired) electrons. The highest BCUT2D eigenvalue weighted by Gasteiger charge is 2.60. The van der Waals surface area contributed by atoms with Crippen LogP contribution in [0.1, 0.15) is 29.3 Å². The molecule has 3 atom stereocenters. The summed E-state index contributed by atoms with van der Waals surface area (Å²) in [6.45, 7) is -0.481. The molecule has 1 unspecified atom stereocenters. The highest BCUT2D eigenvalue weighted by Crippen LogP contribution is 2.39. The van der Waals surface area contributed by atoms with Gasteiger partial charge in [-0.1, -0.05) is 19.1 Å². The van der Waals surface area contributed by atoms with E-state index in [0.29, 0.717) is 4.90 Å². The first kappa shape index (κ1) is 28.1. The van der Waals surface area contributed by atoms with Crippen LogP contribution in [-0.2, 0) is 11.0 Å². The fraction of sp³-hybridized carbons (Fsp3) is 0.391. The number of fused-ring (bicyclic) bond motifs is 1. The summed E-state index contributed by atoms with van der Waals surface area (Å²) < 4.78 is 96.2.